The SMILES string of the molecule is Cc1ccc(S(=O)(=O)N/N=C2\CC(CN(C(=O)OC(C)(C)C)C(C)c3cccc4ccccc34)Oc3ccccc32)cc1. The molecule has 4 aromatic carbocycles. The number of hydrazone groups is 1. The number of fused-ring (bicyclic) bond motifs is 2. The van der Waals surface area contributed by atoms with Crippen molar-refractivity contribution >= 4 is 32.6 Å². The molecular weight excluding hydrogens is 562 g/mol. The van der Waals surface area contributed by atoms with Crippen molar-refractivity contribution in [3.05, 3.63) is 108 Å². The molecule has 0 aromatic heterocycles. The van der Waals surface area contributed by atoms with Crippen molar-refractivity contribution in [2.75, 3.05) is 6.54 Å². The highest BCUT2D eigenvalue weighted by Crippen LogP contribution is 2.33. The Bertz CT molecular complexity index is 1760. The number of aryl methyl sites for hydroxylation is 1. The minimum absolute atomic E-state index is 0.124. The molecule has 1 aliphatic rings. The molecule has 1 N–H and O–H groups in total. The van der Waals surface area contributed by atoms with Gasteiger partial charge in [-0.1, -0.05) is 72.3 Å². The van der Waals surface area contributed by atoms with Crippen molar-refractivity contribution in [1.82, 2.24) is 9.73 Å². The highest BCUT2D eigenvalue weighted by molar-refractivity contribution is 7.89. The first kappa shape index (κ1) is 30.1. The number of sulfonamides is 1. The third kappa shape index (κ3) is 7.00. The van der Waals surface area contributed by atoms with Crippen LogP contribution in [0.3, 0.4) is 0 Å². The van der Waals surface area contributed by atoms with Gasteiger partial charge in [0.25, 0.3) is 10.0 Å². The van der Waals surface area contributed by atoms with Crippen LogP contribution in [0.1, 0.15) is 56.8 Å². The van der Waals surface area contributed by atoms with E-state index in [-0.39, 0.29) is 23.9 Å². The molecule has 2 atom stereocenters. The Hall–Kier alpha value is -4.37. The van der Waals surface area contributed by atoms with Crippen LogP contribution in [0.15, 0.2) is 101 Å². The van der Waals surface area contributed by atoms with Crippen LogP contribution in [0.2, 0.25) is 0 Å². The van der Waals surface area contributed by atoms with E-state index in [9.17, 15) is 13.2 Å². The quantitative estimate of drug-likeness (QED) is 0.231. The smallest absolute Gasteiger partial charge is 0.410 e. The van der Waals surface area contributed by atoms with Gasteiger partial charge in [-0.2, -0.15) is 18.4 Å². The van der Waals surface area contributed by atoms with Gasteiger partial charge in [-0.3, -0.25) is 4.90 Å². The zero-order valence-electron chi connectivity index (χ0n) is 25.1. The van der Waals surface area contributed by atoms with E-state index in [4.69, 9.17) is 9.47 Å². The molecule has 2 unspecified atom stereocenters. The maximum atomic E-state index is 13.7. The Labute approximate surface area is 253 Å². The summed E-state index contributed by atoms with van der Waals surface area (Å²) in [6.07, 6.45) is -0.703. The second-order valence-electron chi connectivity index (χ2n) is 11.8. The first-order valence-electron chi connectivity index (χ1n) is 14.3. The predicted molar refractivity (Wildman–Crippen MR) is 169 cm³/mol. The zero-order valence-corrected chi connectivity index (χ0v) is 25.9. The van der Waals surface area contributed by atoms with E-state index < -0.39 is 27.8 Å². The topological polar surface area (TPSA) is 97.3 Å². The van der Waals surface area contributed by atoms with E-state index in [1.165, 1.54) is 0 Å². The van der Waals surface area contributed by atoms with Crippen LogP contribution in [0.4, 0.5) is 4.79 Å². The zero-order chi connectivity index (χ0) is 30.8. The Balaban J connectivity index is 1.46. The van der Waals surface area contributed by atoms with Gasteiger partial charge in [0, 0.05) is 12.0 Å². The van der Waals surface area contributed by atoms with Gasteiger partial charge in [0.2, 0.25) is 0 Å². The molecule has 0 spiro atoms. The Morgan fingerprint density at radius 3 is 2.42 bits per heavy atom. The summed E-state index contributed by atoms with van der Waals surface area (Å²) in [7, 11) is -3.89. The van der Waals surface area contributed by atoms with Gasteiger partial charge in [0.15, 0.2) is 0 Å². The normalized spacial score (nSPS) is 16.7. The van der Waals surface area contributed by atoms with Crippen LogP contribution in [0.25, 0.3) is 10.8 Å². The molecular formula is C34H37N3O5S. The van der Waals surface area contributed by atoms with Crippen molar-refractivity contribution in [3.63, 3.8) is 0 Å². The van der Waals surface area contributed by atoms with Crippen LogP contribution in [0.5, 0.6) is 5.75 Å². The first-order valence-corrected chi connectivity index (χ1v) is 15.8. The number of ether oxygens (including phenoxy) is 2. The highest BCUT2D eigenvalue weighted by Gasteiger charge is 2.34. The van der Waals surface area contributed by atoms with Gasteiger partial charge in [-0.05, 0) is 75.2 Å². The molecule has 1 aliphatic heterocycles. The summed E-state index contributed by atoms with van der Waals surface area (Å²) < 4.78 is 38.2. The largest absolute Gasteiger partial charge is 0.487 e. The first-order chi connectivity index (χ1) is 20.4. The molecule has 0 saturated heterocycles. The van der Waals surface area contributed by atoms with Gasteiger partial charge in [-0.25, -0.2) is 4.79 Å². The summed E-state index contributed by atoms with van der Waals surface area (Å²) in [5.41, 5.74) is 2.45. The van der Waals surface area contributed by atoms with E-state index >= 15 is 0 Å². The highest BCUT2D eigenvalue weighted by atomic mass is 32.2. The molecule has 9 heteroatoms. The number of carbonyl (C=O) groups excluding carboxylic acids is 1. The second kappa shape index (κ2) is 12.1. The number of hydrogen-bond donors (Lipinski definition) is 1. The molecule has 0 bridgehead atoms. The molecule has 1 heterocycles. The Morgan fingerprint density at radius 2 is 1.67 bits per heavy atom. The van der Waals surface area contributed by atoms with E-state index in [1.54, 1.807) is 29.2 Å². The van der Waals surface area contributed by atoms with Crippen LogP contribution in [-0.4, -0.2) is 43.4 Å². The lowest BCUT2D eigenvalue weighted by Gasteiger charge is -2.36. The lowest BCUT2D eigenvalue weighted by molar-refractivity contribution is 0.00814. The van der Waals surface area contributed by atoms with Gasteiger partial charge >= 0.3 is 6.09 Å². The molecule has 8 nitrogen and oxygen atoms in total. The maximum Gasteiger partial charge on any atom is 0.410 e. The monoisotopic (exact) mass is 599 g/mol. The second-order valence-corrected chi connectivity index (χ2v) is 13.4. The van der Waals surface area contributed by atoms with Gasteiger partial charge < -0.3 is 9.47 Å². The lowest BCUT2D eigenvalue weighted by Crippen LogP contribution is -2.45. The van der Waals surface area contributed by atoms with Gasteiger partial charge in [-0.15, -0.1) is 0 Å². The number of hydrogen-bond acceptors (Lipinski definition) is 6. The number of nitrogens with zero attached hydrogens (tertiary/aromatic N) is 2. The molecule has 0 radical (unpaired) electrons. The molecule has 5 rings (SSSR count). The van der Waals surface area contributed by atoms with E-state index in [0.717, 1.165) is 21.9 Å². The third-order valence-corrected chi connectivity index (χ3v) is 8.54. The third-order valence-electron chi connectivity index (χ3n) is 7.31. The number of nitrogens with one attached hydrogen (secondary N) is 1. The molecule has 43 heavy (non-hydrogen) atoms. The minimum Gasteiger partial charge on any atom is -0.487 e. The summed E-state index contributed by atoms with van der Waals surface area (Å²) >= 11 is 0. The standard InChI is InChI=1S/C34H37N3O5S/c1-23-17-19-27(20-18-23)43(39,40)36-35-31-21-26(41-32-16-9-8-14-30(31)32)22-37(33(38)42-34(3,4)5)24(2)28-15-10-12-25-11-6-7-13-29(25)28/h6-20,24,26,36H,21-22H2,1-5H3/b35-31+. The fraction of sp³-hybridized carbons (Fsp3) is 0.294. The van der Waals surface area contributed by atoms with Gasteiger partial charge in [0.05, 0.1) is 23.2 Å². The van der Waals surface area contributed by atoms with E-state index in [1.807, 2.05) is 101 Å². The van der Waals surface area contributed by atoms with Crippen LogP contribution in [0, 0.1) is 6.92 Å². The lowest BCUT2D eigenvalue weighted by atomic mass is 9.97. The van der Waals surface area contributed by atoms with Crippen LogP contribution >= 0.6 is 0 Å². The number of amides is 1. The fourth-order valence-electron chi connectivity index (χ4n) is 5.16. The summed E-state index contributed by atoms with van der Waals surface area (Å²) in [6.45, 7) is 9.58. The van der Waals surface area contributed by atoms with E-state index in [0.29, 0.717) is 17.0 Å². The number of rotatable bonds is 7. The number of benzene rings is 4. The summed E-state index contributed by atoms with van der Waals surface area (Å²) in [6, 6.07) is 27.7. The Morgan fingerprint density at radius 1 is 1.00 bits per heavy atom. The number of para-hydroxylation sites is 1. The average Bonchev–Trinajstić information content (AvgIpc) is 2.97. The molecule has 0 aliphatic carbocycles. The van der Waals surface area contributed by atoms with Crippen molar-refractivity contribution in [2.45, 2.75) is 63.7 Å². The maximum absolute atomic E-state index is 13.7. The molecule has 1 amide bonds. The summed E-state index contributed by atoms with van der Waals surface area (Å²) in [5.74, 6) is 0.564. The number of carbonyl (C=O) groups is 1. The van der Waals surface area contributed by atoms with Crippen molar-refractivity contribution in [3.8, 4) is 5.75 Å². The Kier molecular flexibility index (Phi) is 8.46. The van der Waals surface area contributed by atoms with E-state index in [2.05, 4.69) is 9.93 Å². The van der Waals surface area contributed by atoms with Crippen molar-refractivity contribution in [1.29, 1.82) is 0 Å². The minimum atomic E-state index is -3.89. The summed E-state index contributed by atoms with van der Waals surface area (Å²) in [5, 5.41) is 6.49. The molecule has 0 saturated carbocycles. The van der Waals surface area contributed by atoms with Gasteiger partial charge in [0.1, 0.15) is 17.5 Å². The molecule has 224 valence electrons. The molecule has 0 fully saturated rings. The van der Waals surface area contributed by atoms with Crippen molar-refractivity contribution < 1.29 is 22.7 Å². The average molecular weight is 600 g/mol. The fourth-order valence-corrected chi connectivity index (χ4v) is 5.99. The van der Waals surface area contributed by atoms with Crippen molar-refractivity contribution in [2.24, 2.45) is 5.10 Å². The van der Waals surface area contributed by atoms with Crippen LogP contribution in [-0.2, 0) is 14.8 Å². The summed E-state index contributed by atoms with van der Waals surface area (Å²) in [4.78, 5) is 17.9. The predicted octanol–water partition coefficient (Wildman–Crippen LogP) is 6.98. The molecule has 4 aromatic rings. The van der Waals surface area contributed by atoms with Crippen LogP contribution < -0.4 is 9.57 Å².